The van der Waals surface area contributed by atoms with Crippen LogP contribution in [0, 0.1) is 11.3 Å². The number of nitrogens with zero attached hydrogens (tertiary/aromatic N) is 3. The summed E-state index contributed by atoms with van der Waals surface area (Å²) in [7, 11) is 0. The van der Waals surface area contributed by atoms with Gasteiger partial charge in [0.15, 0.2) is 0 Å². The second-order valence-corrected chi connectivity index (χ2v) is 5.30. The van der Waals surface area contributed by atoms with E-state index < -0.39 is 0 Å². The number of hydrogen-bond donors (Lipinski definition) is 0. The number of aromatic nitrogens is 2. The average Bonchev–Trinajstić information content (AvgIpc) is 2.83. The zero-order valence-electron chi connectivity index (χ0n) is 11.5. The summed E-state index contributed by atoms with van der Waals surface area (Å²) in [5, 5.41) is 9.54. The highest BCUT2D eigenvalue weighted by molar-refractivity contribution is 6.31. The van der Waals surface area contributed by atoms with Crippen molar-refractivity contribution < 1.29 is 0 Å². The lowest BCUT2D eigenvalue weighted by Crippen LogP contribution is -2.00. The molecule has 21 heavy (non-hydrogen) atoms. The van der Waals surface area contributed by atoms with Gasteiger partial charge in [0.1, 0.15) is 0 Å². The van der Waals surface area contributed by atoms with E-state index in [0.29, 0.717) is 11.4 Å². The Kier molecular flexibility index (Phi) is 3.89. The first-order chi connectivity index (χ1) is 10.3. The van der Waals surface area contributed by atoms with Crippen molar-refractivity contribution in [2.75, 3.05) is 0 Å². The molecule has 0 saturated heterocycles. The van der Waals surface area contributed by atoms with Gasteiger partial charge in [-0.05, 0) is 24.5 Å². The Balaban J connectivity index is 1.93. The zero-order valence-corrected chi connectivity index (χ0v) is 12.2. The fourth-order valence-electron chi connectivity index (χ4n) is 2.53. The van der Waals surface area contributed by atoms with Crippen LogP contribution in [0.25, 0.3) is 5.52 Å². The van der Waals surface area contributed by atoms with E-state index in [1.54, 1.807) is 6.20 Å². The first-order valence-electron chi connectivity index (χ1n) is 6.84. The maximum atomic E-state index is 8.91. The fourth-order valence-corrected chi connectivity index (χ4v) is 2.79. The van der Waals surface area contributed by atoms with E-state index in [1.807, 2.05) is 34.9 Å². The predicted octanol–water partition coefficient (Wildman–Crippen LogP) is 3.84. The third kappa shape index (κ3) is 2.76. The van der Waals surface area contributed by atoms with E-state index in [4.69, 9.17) is 16.9 Å². The minimum Gasteiger partial charge on any atom is -0.315 e. The third-order valence-electron chi connectivity index (χ3n) is 3.57. The number of hydrogen-bond acceptors (Lipinski definition) is 2. The third-order valence-corrected chi connectivity index (χ3v) is 3.90. The van der Waals surface area contributed by atoms with Crippen LogP contribution in [0.3, 0.4) is 0 Å². The van der Waals surface area contributed by atoms with Gasteiger partial charge in [0.25, 0.3) is 0 Å². The number of benzene rings is 1. The molecule has 104 valence electrons. The zero-order chi connectivity index (χ0) is 14.7. The molecule has 0 aliphatic rings. The Morgan fingerprint density at radius 3 is 2.76 bits per heavy atom. The van der Waals surface area contributed by atoms with E-state index in [9.17, 15) is 0 Å². The Morgan fingerprint density at radius 1 is 1.19 bits per heavy atom. The molecule has 0 amide bonds. The molecular formula is C17H14ClN3. The van der Waals surface area contributed by atoms with Gasteiger partial charge in [-0.25, -0.2) is 0 Å². The van der Waals surface area contributed by atoms with E-state index in [1.165, 1.54) is 5.56 Å². The molecule has 0 fully saturated rings. The first kappa shape index (κ1) is 13.7. The molecule has 0 radical (unpaired) electrons. The minimum absolute atomic E-state index is 0.301. The van der Waals surface area contributed by atoms with Crippen molar-refractivity contribution in [3.8, 4) is 6.07 Å². The molecule has 0 aliphatic carbocycles. The number of nitriles is 1. The summed E-state index contributed by atoms with van der Waals surface area (Å²) in [6.45, 7) is 0. The van der Waals surface area contributed by atoms with Gasteiger partial charge in [-0.3, -0.25) is 4.98 Å². The molecule has 3 nitrogen and oxygen atoms in total. The molecule has 0 bridgehead atoms. The molecule has 1 aromatic carbocycles. The molecule has 0 aliphatic heterocycles. The Morgan fingerprint density at radius 2 is 2.00 bits per heavy atom. The quantitative estimate of drug-likeness (QED) is 0.734. The van der Waals surface area contributed by atoms with Crippen molar-refractivity contribution in [1.29, 1.82) is 5.26 Å². The fraction of sp³-hybridized carbons (Fsp3) is 0.176. The highest BCUT2D eigenvalue weighted by atomic mass is 35.5. The molecule has 0 saturated carbocycles. The molecular weight excluding hydrogens is 282 g/mol. The molecule has 0 N–H and O–H groups in total. The van der Waals surface area contributed by atoms with Crippen LogP contribution in [0.1, 0.15) is 17.0 Å². The summed E-state index contributed by atoms with van der Waals surface area (Å²) in [4.78, 5) is 4.47. The minimum atomic E-state index is 0.301. The molecule has 0 spiro atoms. The van der Waals surface area contributed by atoms with Crippen LogP contribution < -0.4 is 0 Å². The normalized spacial score (nSPS) is 10.7. The topological polar surface area (TPSA) is 41.1 Å². The molecule has 2 heterocycles. The van der Waals surface area contributed by atoms with Crippen LogP contribution in [0.5, 0.6) is 0 Å². The Hall–Kier alpha value is -2.31. The van der Waals surface area contributed by atoms with Crippen LogP contribution in [-0.4, -0.2) is 9.38 Å². The Bertz CT molecular complexity index is 800. The maximum Gasteiger partial charge on any atom is 0.0773 e. The largest absolute Gasteiger partial charge is 0.315 e. The predicted molar refractivity (Wildman–Crippen MR) is 83.4 cm³/mol. The summed E-state index contributed by atoms with van der Waals surface area (Å²) in [6.07, 6.45) is 5.71. The van der Waals surface area contributed by atoms with Crippen LogP contribution in [0.2, 0.25) is 5.02 Å². The van der Waals surface area contributed by atoms with Crippen molar-refractivity contribution in [1.82, 2.24) is 9.38 Å². The van der Waals surface area contributed by atoms with Crippen molar-refractivity contribution in [2.24, 2.45) is 0 Å². The van der Waals surface area contributed by atoms with E-state index in [-0.39, 0.29) is 0 Å². The SMILES string of the molecule is N#CCc1c(Cl)cc2c(CCc3ccccc3)nccn12. The summed E-state index contributed by atoms with van der Waals surface area (Å²) in [6, 6.07) is 14.4. The lowest BCUT2D eigenvalue weighted by Gasteiger charge is -2.05. The van der Waals surface area contributed by atoms with Gasteiger partial charge in [-0.15, -0.1) is 0 Å². The smallest absolute Gasteiger partial charge is 0.0773 e. The molecule has 0 atom stereocenters. The first-order valence-corrected chi connectivity index (χ1v) is 7.21. The average molecular weight is 296 g/mol. The maximum absolute atomic E-state index is 8.91. The van der Waals surface area contributed by atoms with Crippen molar-refractivity contribution in [3.63, 3.8) is 0 Å². The molecule has 4 heteroatoms. The van der Waals surface area contributed by atoms with E-state index in [0.717, 1.165) is 29.7 Å². The van der Waals surface area contributed by atoms with Gasteiger partial charge in [-0.2, -0.15) is 5.26 Å². The lowest BCUT2D eigenvalue weighted by atomic mass is 10.1. The summed E-state index contributed by atoms with van der Waals surface area (Å²) >= 11 is 6.24. The van der Waals surface area contributed by atoms with Crippen LogP contribution >= 0.6 is 11.6 Å². The van der Waals surface area contributed by atoms with E-state index in [2.05, 4.69) is 23.2 Å². The number of rotatable bonds is 4. The second-order valence-electron chi connectivity index (χ2n) is 4.89. The van der Waals surface area contributed by atoms with Crippen molar-refractivity contribution in [2.45, 2.75) is 19.3 Å². The molecule has 0 unspecified atom stereocenters. The Labute approximate surface area is 128 Å². The second kappa shape index (κ2) is 5.99. The molecule has 3 rings (SSSR count). The standard InChI is InChI=1S/C17H14ClN3/c18-14-12-17-15(7-6-13-4-2-1-3-5-13)20-10-11-21(17)16(14)8-9-19/h1-5,10-12H,6-8H2. The van der Waals surface area contributed by atoms with Gasteiger partial charge in [-0.1, -0.05) is 41.9 Å². The van der Waals surface area contributed by atoms with Gasteiger partial charge in [0.05, 0.1) is 34.4 Å². The van der Waals surface area contributed by atoms with Crippen LogP contribution in [-0.2, 0) is 19.3 Å². The number of halogens is 1. The highest BCUT2D eigenvalue weighted by Crippen LogP contribution is 2.24. The number of aryl methyl sites for hydroxylation is 2. The summed E-state index contributed by atoms with van der Waals surface area (Å²) in [5.41, 5.74) is 4.12. The van der Waals surface area contributed by atoms with Gasteiger partial charge < -0.3 is 4.40 Å². The van der Waals surface area contributed by atoms with E-state index >= 15 is 0 Å². The van der Waals surface area contributed by atoms with Gasteiger partial charge >= 0.3 is 0 Å². The van der Waals surface area contributed by atoms with Crippen molar-refractivity contribution in [3.05, 3.63) is 70.8 Å². The lowest BCUT2D eigenvalue weighted by molar-refractivity contribution is 0.900. The molecule has 2 aromatic heterocycles. The van der Waals surface area contributed by atoms with Crippen LogP contribution in [0.4, 0.5) is 0 Å². The summed E-state index contributed by atoms with van der Waals surface area (Å²) < 4.78 is 1.97. The van der Waals surface area contributed by atoms with Gasteiger partial charge in [0.2, 0.25) is 0 Å². The number of fused-ring (bicyclic) bond motifs is 1. The van der Waals surface area contributed by atoms with Crippen LogP contribution in [0.15, 0.2) is 48.8 Å². The highest BCUT2D eigenvalue weighted by Gasteiger charge is 2.11. The van der Waals surface area contributed by atoms with Crippen molar-refractivity contribution >= 4 is 17.1 Å². The summed E-state index contributed by atoms with van der Waals surface area (Å²) in [5.74, 6) is 0. The molecule has 3 aromatic rings. The van der Waals surface area contributed by atoms with Gasteiger partial charge in [0, 0.05) is 12.4 Å². The monoisotopic (exact) mass is 295 g/mol.